The topological polar surface area (TPSA) is 130 Å². The molecule has 2 aromatic heterocycles. The van der Waals surface area contributed by atoms with Gasteiger partial charge in [0.25, 0.3) is 0 Å². The van der Waals surface area contributed by atoms with E-state index in [4.69, 9.17) is 16.3 Å². The van der Waals surface area contributed by atoms with Crippen molar-refractivity contribution in [3.05, 3.63) is 41.8 Å². The Morgan fingerprint density at radius 1 is 1.17 bits per heavy atom. The van der Waals surface area contributed by atoms with Gasteiger partial charge in [0.05, 0.1) is 28.7 Å². The summed E-state index contributed by atoms with van der Waals surface area (Å²) in [4.78, 5) is 46.3. The molecular weight excluding hydrogens is 474 g/mol. The Hall–Kier alpha value is -3.86. The molecule has 3 N–H and O–H groups in total. The molecule has 1 atom stereocenters. The molecule has 1 aliphatic heterocycles. The molecule has 1 aliphatic rings. The van der Waals surface area contributed by atoms with Gasteiger partial charge in [0.15, 0.2) is 0 Å². The highest BCUT2D eigenvalue weighted by Crippen LogP contribution is 2.30. The summed E-state index contributed by atoms with van der Waals surface area (Å²) in [7, 11) is 0. The number of nitrogens with zero attached hydrogens (tertiary/aromatic N) is 4. The third kappa shape index (κ3) is 5.99. The van der Waals surface area contributed by atoms with Crippen molar-refractivity contribution in [2.75, 3.05) is 23.7 Å². The number of carbonyl (C=O) groups is 3. The van der Waals surface area contributed by atoms with Crippen molar-refractivity contribution in [1.82, 2.24) is 24.6 Å². The normalized spacial score (nSPS) is 15.3. The van der Waals surface area contributed by atoms with Crippen LogP contribution in [0.3, 0.4) is 0 Å². The molecule has 4 rings (SSSR count). The molecule has 3 aromatic rings. The van der Waals surface area contributed by atoms with Crippen molar-refractivity contribution < 1.29 is 19.1 Å². The first-order valence-corrected chi connectivity index (χ1v) is 11.5. The lowest BCUT2D eigenvalue weighted by Gasteiger charge is -2.18. The van der Waals surface area contributed by atoms with Crippen LogP contribution in [0.15, 0.2) is 36.8 Å². The number of anilines is 2. The third-order valence-corrected chi connectivity index (χ3v) is 5.61. The molecule has 12 heteroatoms. The molecule has 1 fully saturated rings. The Balaban J connectivity index is 1.49. The van der Waals surface area contributed by atoms with Crippen LogP contribution in [0.25, 0.3) is 17.0 Å². The van der Waals surface area contributed by atoms with E-state index in [1.54, 1.807) is 53.7 Å². The number of imidazole rings is 1. The van der Waals surface area contributed by atoms with Crippen molar-refractivity contribution in [1.29, 1.82) is 0 Å². The van der Waals surface area contributed by atoms with Crippen LogP contribution >= 0.6 is 11.6 Å². The summed E-state index contributed by atoms with van der Waals surface area (Å²) in [5, 5.41) is 8.80. The average Bonchev–Trinajstić information content (AvgIpc) is 3.40. The average molecular weight is 500 g/mol. The number of aromatic nitrogens is 3. The second-order valence-corrected chi connectivity index (χ2v) is 8.92. The van der Waals surface area contributed by atoms with Crippen LogP contribution in [0.4, 0.5) is 21.0 Å². The summed E-state index contributed by atoms with van der Waals surface area (Å²) >= 11 is 6.43. The number of ether oxygens (including phenoxy) is 1. The summed E-state index contributed by atoms with van der Waals surface area (Å²) < 4.78 is 6.75. The minimum absolute atomic E-state index is 0.0453. The molecule has 0 aliphatic carbocycles. The zero-order valence-corrected chi connectivity index (χ0v) is 20.3. The SMILES string of the molecule is CC(=O)NC1CCN(C(=O)Nc2ccc(Cl)c(-c3cn4cc(NC(=O)OC(C)C)cnc4n3)c2)C1. The predicted octanol–water partition coefficient (Wildman–Crippen LogP) is 3.75. The van der Waals surface area contributed by atoms with Gasteiger partial charge in [-0.15, -0.1) is 0 Å². The van der Waals surface area contributed by atoms with Crippen LogP contribution in [-0.4, -0.2) is 62.5 Å². The number of carbonyl (C=O) groups excluding carboxylic acids is 3. The van der Waals surface area contributed by atoms with Gasteiger partial charge in [0.2, 0.25) is 11.7 Å². The van der Waals surface area contributed by atoms with E-state index in [-0.39, 0.29) is 24.1 Å². The van der Waals surface area contributed by atoms with E-state index in [1.165, 1.54) is 13.1 Å². The minimum atomic E-state index is -0.575. The van der Waals surface area contributed by atoms with Crippen LogP contribution < -0.4 is 16.0 Å². The maximum atomic E-state index is 12.7. The van der Waals surface area contributed by atoms with Crippen LogP contribution in [0.1, 0.15) is 27.2 Å². The molecular formula is C23H26ClN7O4. The number of urea groups is 1. The summed E-state index contributed by atoms with van der Waals surface area (Å²) in [6, 6.07) is 4.83. The number of amides is 4. The van der Waals surface area contributed by atoms with E-state index < -0.39 is 6.09 Å². The number of rotatable bonds is 5. The van der Waals surface area contributed by atoms with Crippen molar-refractivity contribution in [3.8, 4) is 11.3 Å². The Kier molecular flexibility index (Phi) is 7.06. The van der Waals surface area contributed by atoms with Crippen LogP contribution in [0.2, 0.25) is 5.02 Å². The lowest BCUT2D eigenvalue weighted by atomic mass is 10.1. The molecule has 11 nitrogen and oxygen atoms in total. The zero-order chi connectivity index (χ0) is 25.1. The number of hydrogen-bond donors (Lipinski definition) is 3. The molecule has 0 bridgehead atoms. The molecule has 1 saturated heterocycles. The maximum Gasteiger partial charge on any atom is 0.411 e. The van der Waals surface area contributed by atoms with E-state index in [1.807, 2.05) is 0 Å². The Morgan fingerprint density at radius 2 is 1.97 bits per heavy atom. The van der Waals surface area contributed by atoms with Gasteiger partial charge < -0.3 is 20.3 Å². The third-order valence-electron chi connectivity index (χ3n) is 5.28. The van der Waals surface area contributed by atoms with Gasteiger partial charge in [-0.25, -0.2) is 19.6 Å². The van der Waals surface area contributed by atoms with E-state index in [0.717, 1.165) is 0 Å². The van der Waals surface area contributed by atoms with Crippen LogP contribution in [0.5, 0.6) is 0 Å². The summed E-state index contributed by atoms with van der Waals surface area (Å²) in [6.45, 7) is 5.99. The fourth-order valence-corrected chi connectivity index (χ4v) is 4.01. The fraction of sp³-hybridized carbons (Fsp3) is 0.348. The van der Waals surface area contributed by atoms with Crippen LogP contribution in [-0.2, 0) is 9.53 Å². The molecule has 1 aromatic carbocycles. The highest BCUT2D eigenvalue weighted by molar-refractivity contribution is 6.33. The van der Waals surface area contributed by atoms with E-state index in [2.05, 4.69) is 25.9 Å². The Bertz CT molecular complexity index is 1280. The van der Waals surface area contributed by atoms with Gasteiger partial charge in [0.1, 0.15) is 0 Å². The van der Waals surface area contributed by atoms with Gasteiger partial charge in [-0.3, -0.25) is 14.5 Å². The van der Waals surface area contributed by atoms with Gasteiger partial charge in [-0.2, -0.15) is 0 Å². The molecule has 0 radical (unpaired) electrons. The Labute approximate surface area is 206 Å². The Morgan fingerprint density at radius 3 is 2.71 bits per heavy atom. The maximum absolute atomic E-state index is 12.7. The van der Waals surface area contributed by atoms with Crippen molar-refractivity contribution in [2.24, 2.45) is 0 Å². The molecule has 1 unspecified atom stereocenters. The molecule has 0 spiro atoms. The van der Waals surface area contributed by atoms with Crippen molar-refractivity contribution >= 4 is 46.8 Å². The number of halogens is 1. The van der Waals surface area contributed by atoms with Gasteiger partial charge in [0, 0.05) is 49.7 Å². The highest BCUT2D eigenvalue weighted by atomic mass is 35.5. The second kappa shape index (κ2) is 10.2. The fourth-order valence-electron chi connectivity index (χ4n) is 3.79. The standard InChI is InChI=1S/C23H26ClN7O4/c1-13(2)35-23(34)28-17-9-25-21-29-20(12-31(21)11-17)18-8-15(4-5-19(18)24)27-22(33)30-7-6-16(10-30)26-14(3)32/h4-5,8-9,11-13,16H,6-7,10H2,1-3H3,(H,26,32)(H,27,33)(H,28,34). The van der Waals surface area contributed by atoms with E-state index in [0.29, 0.717) is 52.9 Å². The molecule has 184 valence electrons. The smallest absolute Gasteiger partial charge is 0.411 e. The molecule has 3 heterocycles. The lowest BCUT2D eigenvalue weighted by molar-refractivity contribution is -0.119. The zero-order valence-electron chi connectivity index (χ0n) is 19.5. The predicted molar refractivity (Wildman–Crippen MR) is 131 cm³/mol. The summed E-state index contributed by atoms with van der Waals surface area (Å²) in [5.74, 6) is 0.300. The van der Waals surface area contributed by atoms with E-state index >= 15 is 0 Å². The first-order valence-electron chi connectivity index (χ1n) is 11.1. The summed E-state index contributed by atoms with van der Waals surface area (Å²) in [6.07, 6.45) is 4.76. The monoisotopic (exact) mass is 499 g/mol. The molecule has 35 heavy (non-hydrogen) atoms. The van der Waals surface area contributed by atoms with Gasteiger partial charge in [-0.1, -0.05) is 11.6 Å². The van der Waals surface area contributed by atoms with Crippen molar-refractivity contribution in [3.63, 3.8) is 0 Å². The highest BCUT2D eigenvalue weighted by Gasteiger charge is 2.26. The summed E-state index contributed by atoms with van der Waals surface area (Å²) in [5.41, 5.74) is 2.16. The molecule has 0 saturated carbocycles. The molecule has 4 amide bonds. The number of hydrogen-bond acceptors (Lipinski definition) is 6. The minimum Gasteiger partial charge on any atom is -0.447 e. The van der Waals surface area contributed by atoms with Gasteiger partial charge >= 0.3 is 12.1 Å². The van der Waals surface area contributed by atoms with Crippen LogP contribution in [0, 0.1) is 0 Å². The number of benzene rings is 1. The number of likely N-dealkylation sites (tertiary alicyclic amines) is 1. The van der Waals surface area contributed by atoms with Gasteiger partial charge in [-0.05, 0) is 38.5 Å². The van der Waals surface area contributed by atoms with E-state index in [9.17, 15) is 14.4 Å². The largest absolute Gasteiger partial charge is 0.447 e. The lowest BCUT2D eigenvalue weighted by Crippen LogP contribution is -2.38. The van der Waals surface area contributed by atoms with Crippen molar-refractivity contribution in [2.45, 2.75) is 39.3 Å². The quantitative estimate of drug-likeness (QED) is 0.490. The first kappa shape index (κ1) is 24.3. The number of fused-ring (bicyclic) bond motifs is 1. The first-order chi connectivity index (χ1) is 16.7. The second-order valence-electron chi connectivity index (χ2n) is 8.51. The number of nitrogens with one attached hydrogen (secondary N) is 3.